The fraction of sp³-hybridized carbons (Fsp3) is 0.267. The van der Waals surface area contributed by atoms with Gasteiger partial charge in [-0.15, -0.1) is 0 Å². The molecular formula is C15H15BrN4. The minimum absolute atomic E-state index is 0.713. The Labute approximate surface area is 126 Å². The average Bonchev–Trinajstić information content (AvgIpc) is 2.74. The van der Waals surface area contributed by atoms with Gasteiger partial charge in [0.2, 0.25) is 0 Å². The van der Waals surface area contributed by atoms with Gasteiger partial charge in [0.15, 0.2) is 0 Å². The number of fused-ring (bicyclic) bond motifs is 1. The van der Waals surface area contributed by atoms with E-state index in [4.69, 9.17) is 4.98 Å². The first-order valence-electron chi connectivity index (χ1n) is 6.61. The van der Waals surface area contributed by atoms with Crippen LogP contribution < -0.4 is 0 Å². The van der Waals surface area contributed by atoms with E-state index in [1.807, 2.05) is 31.2 Å². The number of aryl methyl sites for hydroxylation is 2. The quantitative estimate of drug-likeness (QED) is 0.690. The van der Waals surface area contributed by atoms with Crippen LogP contribution in [0, 0.1) is 6.92 Å². The molecule has 1 aromatic carbocycles. The number of hydrogen-bond donors (Lipinski definition) is 0. The normalized spacial score (nSPS) is 11.2. The topological polar surface area (TPSA) is 43.6 Å². The fourth-order valence-electron chi connectivity index (χ4n) is 2.46. The molecule has 2 heterocycles. The first kappa shape index (κ1) is 13.2. The first-order valence-corrected chi connectivity index (χ1v) is 7.41. The summed E-state index contributed by atoms with van der Waals surface area (Å²) in [5, 5.41) is 0. The summed E-state index contributed by atoms with van der Waals surface area (Å²) < 4.78 is 3.06. The lowest BCUT2D eigenvalue weighted by molar-refractivity contribution is 0.726. The van der Waals surface area contributed by atoms with Gasteiger partial charge in [-0.25, -0.2) is 15.0 Å². The minimum atomic E-state index is 0.713. The molecule has 3 rings (SSSR count). The molecule has 0 amide bonds. The van der Waals surface area contributed by atoms with Crippen LogP contribution in [0.2, 0.25) is 0 Å². The van der Waals surface area contributed by atoms with E-state index in [9.17, 15) is 0 Å². The molecule has 0 saturated heterocycles. The van der Waals surface area contributed by atoms with Gasteiger partial charge < -0.3 is 4.57 Å². The molecule has 0 radical (unpaired) electrons. The smallest absolute Gasteiger partial charge is 0.126 e. The fourth-order valence-corrected chi connectivity index (χ4v) is 2.98. The van der Waals surface area contributed by atoms with Crippen molar-refractivity contribution in [1.29, 1.82) is 0 Å². The van der Waals surface area contributed by atoms with Crippen LogP contribution in [0.15, 0.2) is 34.9 Å². The molecule has 0 unspecified atom stereocenters. The van der Waals surface area contributed by atoms with Gasteiger partial charge in [-0.1, -0.05) is 12.1 Å². The van der Waals surface area contributed by atoms with Crippen LogP contribution in [0.4, 0.5) is 0 Å². The van der Waals surface area contributed by atoms with Crippen molar-refractivity contribution in [2.45, 2.75) is 26.8 Å². The van der Waals surface area contributed by atoms with Crippen LogP contribution in [0.25, 0.3) is 11.0 Å². The van der Waals surface area contributed by atoms with Crippen molar-refractivity contribution in [1.82, 2.24) is 19.5 Å². The molecule has 0 saturated carbocycles. The Kier molecular flexibility index (Phi) is 3.53. The second kappa shape index (κ2) is 5.32. The standard InChI is InChI=1S/C15H15BrN4/c1-3-20-13-7-5-4-6-12(13)19-15(20)9-11-8-14(16)18-10(2)17-11/h4-8H,3,9H2,1-2H3. The second-order valence-corrected chi connectivity index (χ2v) is 5.48. The molecule has 0 N–H and O–H groups in total. The van der Waals surface area contributed by atoms with E-state index < -0.39 is 0 Å². The molecule has 2 aromatic heterocycles. The number of aromatic nitrogens is 4. The summed E-state index contributed by atoms with van der Waals surface area (Å²) >= 11 is 3.42. The lowest BCUT2D eigenvalue weighted by atomic mass is 10.3. The molecule has 102 valence electrons. The SMILES string of the molecule is CCn1c(Cc2cc(Br)nc(C)n2)nc2ccccc21. The van der Waals surface area contributed by atoms with Crippen LogP contribution in [-0.4, -0.2) is 19.5 Å². The van der Waals surface area contributed by atoms with Crippen molar-refractivity contribution >= 4 is 27.0 Å². The zero-order chi connectivity index (χ0) is 14.1. The molecule has 5 heteroatoms. The van der Waals surface area contributed by atoms with Crippen molar-refractivity contribution in [3.8, 4) is 0 Å². The summed E-state index contributed by atoms with van der Waals surface area (Å²) in [4.78, 5) is 13.4. The highest BCUT2D eigenvalue weighted by Crippen LogP contribution is 2.18. The number of nitrogens with zero attached hydrogens (tertiary/aromatic N) is 4. The molecule has 4 nitrogen and oxygen atoms in total. The highest BCUT2D eigenvalue weighted by molar-refractivity contribution is 9.10. The third kappa shape index (κ3) is 2.45. The Morgan fingerprint density at radius 2 is 1.95 bits per heavy atom. The summed E-state index contributed by atoms with van der Waals surface area (Å²) in [5.74, 6) is 1.81. The Morgan fingerprint density at radius 3 is 2.70 bits per heavy atom. The monoisotopic (exact) mass is 330 g/mol. The van der Waals surface area contributed by atoms with Crippen molar-refractivity contribution < 1.29 is 0 Å². The Bertz CT molecular complexity index is 743. The third-order valence-electron chi connectivity index (χ3n) is 3.25. The van der Waals surface area contributed by atoms with Crippen LogP contribution in [0.1, 0.15) is 24.3 Å². The number of imidazole rings is 1. The Morgan fingerprint density at radius 1 is 1.15 bits per heavy atom. The summed E-state index contributed by atoms with van der Waals surface area (Å²) in [7, 11) is 0. The van der Waals surface area contributed by atoms with Crippen LogP contribution in [0.5, 0.6) is 0 Å². The maximum absolute atomic E-state index is 4.73. The van der Waals surface area contributed by atoms with Gasteiger partial charge in [-0.2, -0.15) is 0 Å². The lowest BCUT2D eigenvalue weighted by Crippen LogP contribution is -2.05. The second-order valence-electron chi connectivity index (χ2n) is 4.67. The maximum atomic E-state index is 4.73. The summed E-state index contributed by atoms with van der Waals surface area (Å²) in [6.45, 7) is 4.94. The van der Waals surface area contributed by atoms with E-state index >= 15 is 0 Å². The van der Waals surface area contributed by atoms with Gasteiger partial charge in [-0.05, 0) is 48.0 Å². The predicted octanol–water partition coefficient (Wildman–Crippen LogP) is 3.51. The molecule has 0 aliphatic heterocycles. The molecule has 0 spiro atoms. The van der Waals surface area contributed by atoms with Crippen molar-refractivity contribution in [2.75, 3.05) is 0 Å². The van der Waals surface area contributed by atoms with E-state index in [-0.39, 0.29) is 0 Å². The van der Waals surface area contributed by atoms with E-state index in [2.05, 4.69) is 43.5 Å². The summed E-state index contributed by atoms with van der Waals surface area (Å²) in [6.07, 6.45) is 0.713. The van der Waals surface area contributed by atoms with Crippen molar-refractivity contribution in [3.63, 3.8) is 0 Å². The average molecular weight is 331 g/mol. The van der Waals surface area contributed by atoms with Gasteiger partial charge in [0.1, 0.15) is 16.3 Å². The molecule has 3 aromatic rings. The van der Waals surface area contributed by atoms with Crippen LogP contribution in [0.3, 0.4) is 0 Å². The highest BCUT2D eigenvalue weighted by atomic mass is 79.9. The number of halogens is 1. The van der Waals surface area contributed by atoms with Crippen molar-refractivity contribution in [3.05, 3.63) is 52.3 Å². The number of benzene rings is 1. The predicted molar refractivity (Wildman–Crippen MR) is 82.7 cm³/mol. The van der Waals surface area contributed by atoms with E-state index in [1.54, 1.807) is 0 Å². The van der Waals surface area contributed by atoms with Gasteiger partial charge >= 0.3 is 0 Å². The Balaban J connectivity index is 2.05. The Hall–Kier alpha value is -1.75. The minimum Gasteiger partial charge on any atom is -0.328 e. The van der Waals surface area contributed by atoms with E-state index in [1.165, 1.54) is 5.52 Å². The van der Waals surface area contributed by atoms with Gasteiger partial charge in [0, 0.05) is 13.0 Å². The van der Waals surface area contributed by atoms with Crippen LogP contribution in [-0.2, 0) is 13.0 Å². The summed E-state index contributed by atoms with van der Waals surface area (Å²) in [6, 6.07) is 10.2. The van der Waals surface area contributed by atoms with Crippen molar-refractivity contribution in [2.24, 2.45) is 0 Å². The van der Waals surface area contributed by atoms with Gasteiger partial charge in [-0.3, -0.25) is 0 Å². The molecule has 0 aliphatic carbocycles. The zero-order valence-electron chi connectivity index (χ0n) is 11.5. The molecular weight excluding hydrogens is 316 g/mol. The largest absolute Gasteiger partial charge is 0.328 e. The summed E-state index contributed by atoms with van der Waals surface area (Å²) in [5.41, 5.74) is 3.19. The van der Waals surface area contributed by atoms with E-state index in [0.29, 0.717) is 6.42 Å². The third-order valence-corrected chi connectivity index (χ3v) is 3.66. The zero-order valence-corrected chi connectivity index (χ0v) is 13.1. The molecule has 20 heavy (non-hydrogen) atoms. The lowest BCUT2D eigenvalue weighted by Gasteiger charge is -2.06. The highest BCUT2D eigenvalue weighted by Gasteiger charge is 2.11. The molecule has 0 atom stereocenters. The number of hydrogen-bond acceptors (Lipinski definition) is 3. The number of para-hydroxylation sites is 2. The maximum Gasteiger partial charge on any atom is 0.126 e. The van der Waals surface area contributed by atoms with Gasteiger partial charge in [0.05, 0.1) is 16.7 Å². The molecule has 0 fully saturated rings. The molecule has 0 aliphatic rings. The van der Waals surface area contributed by atoms with Crippen LogP contribution >= 0.6 is 15.9 Å². The first-order chi connectivity index (χ1) is 9.67. The van der Waals surface area contributed by atoms with E-state index in [0.717, 1.165) is 34.0 Å². The number of rotatable bonds is 3. The molecule has 0 bridgehead atoms. The van der Waals surface area contributed by atoms with Gasteiger partial charge in [0.25, 0.3) is 0 Å².